The van der Waals surface area contributed by atoms with Gasteiger partial charge in [-0.15, -0.1) is 0 Å². The summed E-state index contributed by atoms with van der Waals surface area (Å²) in [6.45, 7) is 8.08. The maximum atomic E-state index is 13.7. The van der Waals surface area contributed by atoms with E-state index in [4.69, 9.17) is 4.74 Å². The van der Waals surface area contributed by atoms with Crippen molar-refractivity contribution in [1.82, 2.24) is 9.21 Å². The summed E-state index contributed by atoms with van der Waals surface area (Å²) in [7, 11) is -3.23. The van der Waals surface area contributed by atoms with Gasteiger partial charge in [0.25, 0.3) is 0 Å². The van der Waals surface area contributed by atoms with Gasteiger partial charge in [0.2, 0.25) is 15.9 Å². The normalized spacial score (nSPS) is 23.1. The SMILES string of the molecule is CCS(=O)(=O)N1CCC(C(=O)N2CCOC(C)(C)C2)(c2ccccc2)CC1. The van der Waals surface area contributed by atoms with Crippen molar-refractivity contribution in [3.63, 3.8) is 0 Å². The molecular formula is C20H30N2O4S. The summed E-state index contributed by atoms with van der Waals surface area (Å²) in [5.41, 5.74) is -0.0558. The molecule has 2 heterocycles. The van der Waals surface area contributed by atoms with Crippen LogP contribution in [0.5, 0.6) is 0 Å². The van der Waals surface area contributed by atoms with Crippen LogP contribution in [0.2, 0.25) is 0 Å². The highest BCUT2D eigenvalue weighted by Crippen LogP contribution is 2.39. The van der Waals surface area contributed by atoms with Gasteiger partial charge < -0.3 is 9.64 Å². The van der Waals surface area contributed by atoms with Crippen LogP contribution < -0.4 is 0 Å². The average Bonchev–Trinajstić information content (AvgIpc) is 2.67. The maximum Gasteiger partial charge on any atom is 0.233 e. The first-order valence-corrected chi connectivity index (χ1v) is 11.3. The van der Waals surface area contributed by atoms with Crippen LogP contribution in [0.4, 0.5) is 0 Å². The minimum absolute atomic E-state index is 0.0942. The lowest BCUT2D eigenvalue weighted by Gasteiger charge is -2.46. The molecule has 150 valence electrons. The fraction of sp³-hybridized carbons (Fsp3) is 0.650. The number of carbonyl (C=O) groups excluding carboxylic acids is 1. The molecule has 2 aliphatic heterocycles. The Bertz CT molecular complexity index is 768. The van der Waals surface area contributed by atoms with Crippen molar-refractivity contribution < 1.29 is 17.9 Å². The van der Waals surface area contributed by atoms with Crippen molar-refractivity contribution >= 4 is 15.9 Å². The predicted octanol–water partition coefficient (Wildman–Crippen LogP) is 2.01. The van der Waals surface area contributed by atoms with E-state index in [1.807, 2.05) is 49.1 Å². The van der Waals surface area contributed by atoms with E-state index in [1.165, 1.54) is 4.31 Å². The second kappa shape index (κ2) is 7.53. The third-order valence-electron chi connectivity index (χ3n) is 5.78. The largest absolute Gasteiger partial charge is 0.372 e. The van der Waals surface area contributed by atoms with Gasteiger partial charge in [0.15, 0.2) is 0 Å². The molecule has 0 radical (unpaired) electrons. The molecule has 0 aromatic heterocycles. The van der Waals surface area contributed by atoms with Gasteiger partial charge in [0, 0.05) is 26.2 Å². The third-order valence-corrected chi connectivity index (χ3v) is 7.66. The van der Waals surface area contributed by atoms with Gasteiger partial charge in [-0.25, -0.2) is 12.7 Å². The van der Waals surface area contributed by atoms with Crippen molar-refractivity contribution in [1.29, 1.82) is 0 Å². The molecule has 7 heteroatoms. The third kappa shape index (κ3) is 4.05. The Labute approximate surface area is 162 Å². The van der Waals surface area contributed by atoms with Gasteiger partial charge >= 0.3 is 0 Å². The monoisotopic (exact) mass is 394 g/mol. The molecule has 1 amide bonds. The van der Waals surface area contributed by atoms with Crippen molar-refractivity contribution in [2.45, 2.75) is 44.6 Å². The van der Waals surface area contributed by atoms with E-state index in [2.05, 4.69) is 0 Å². The summed E-state index contributed by atoms with van der Waals surface area (Å²) in [5, 5.41) is 0. The smallest absolute Gasteiger partial charge is 0.233 e. The van der Waals surface area contributed by atoms with Crippen LogP contribution in [0.15, 0.2) is 30.3 Å². The van der Waals surface area contributed by atoms with Crippen molar-refractivity contribution in [2.75, 3.05) is 38.5 Å². The van der Waals surface area contributed by atoms with Crippen molar-refractivity contribution in [3.05, 3.63) is 35.9 Å². The van der Waals surface area contributed by atoms with E-state index in [0.29, 0.717) is 45.6 Å². The van der Waals surface area contributed by atoms with Crippen LogP contribution in [0, 0.1) is 0 Å². The molecule has 2 saturated heterocycles. The van der Waals surface area contributed by atoms with Gasteiger partial charge in [-0.05, 0) is 39.2 Å². The van der Waals surface area contributed by atoms with E-state index >= 15 is 0 Å². The molecule has 0 unspecified atom stereocenters. The minimum atomic E-state index is -3.23. The number of nitrogens with zero attached hydrogens (tertiary/aromatic N) is 2. The Balaban J connectivity index is 1.90. The molecule has 3 rings (SSSR count). The van der Waals surface area contributed by atoms with Crippen LogP contribution >= 0.6 is 0 Å². The summed E-state index contributed by atoms with van der Waals surface area (Å²) in [5.74, 6) is 0.190. The minimum Gasteiger partial charge on any atom is -0.372 e. The Kier molecular flexibility index (Phi) is 5.66. The number of benzene rings is 1. The van der Waals surface area contributed by atoms with Crippen LogP contribution in [-0.4, -0.2) is 67.7 Å². The molecule has 1 aromatic carbocycles. The van der Waals surface area contributed by atoms with Crippen molar-refractivity contribution in [2.24, 2.45) is 0 Å². The number of carbonyl (C=O) groups is 1. The number of piperidine rings is 1. The predicted molar refractivity (Wildman–Crippen MR) is 105 cm³/mol. The van der Waals surface area contributed by atoms with Crippen LogP contribution in [0.25, 0.3) is 0 Å². The van der Waals surface area contributed by atoms with E-state index in [9.17, 15) is 13.2 Å². The Morgan fingerprint density at radius 3 is 2.30 bits per heavy atom. The second-order valence-electron chi connectivity index (χ2n) is 8.08. The fourth-order valence-corrected chi connectivity index (χ4v) is 5.31. The lowest BCUT2D eigenvalue weighted by atomic mass is 9.71. The van der Waals surface area contributed by atoms with Gasteiger partial charge in [-0.1, -0.05) is 30.3 Å². The number of hydrogen-bond acceptors (Lipinski definition) is 4. The highest BCUT2D eigenvalue weighted by Gasteiger charge is 2.47. The lowest BCUT2D eigenvalue weighted by Crippen LogP contribution is -2.58. The number of morpholine rings is 1. The van der Waals surface area contributed by atoms with Gasteiger partial charge in [-0.3, -0.25) is 4.79 Å². The van der Waals surface area contributed by atoms with Crippen molar-refractivity contribution in [3.8, 4) is 0 Å². The quantitative estimate of drug-likeness (QED) is 0.783. The zero-order valence-corrected chi connectivity index (χ0v) is 17.3. The second-order valence-corrected chi connectivity index (χ2v) is 10.3. The molecule has 0 spiro atoms. The zero-order chi connectivity index (χ0) is 19.7. The summed E-state index contributed by atoms with van der Waals surface area (Å²) in [4.78, 5) is 15.6. The fourth-order valence-electron chi connectivity index (χ4n) is 4.20. The molecule has 6 nitrogen and oxygen atoms in total. The summed E-state index contributed by atoms with van der Waals surface area (Å²) in [6, 6.07) is 9.82. The van der Waals surface area contributed by atoms with Gasteiger partial charge in [0.1, 0.15) is 0 Å². The summed E-state index contributed by atoms with van der Waals surface area (Å²) in [6.07, 6.45) is 1.01. The summed E-state index contributed by atoms with van der Waals surface area (Å²) >= 11 is 0. The highest BCUT2D eigenvalue weighted by molar-refractivity contribution is 7.89. The molecule has 0 N–H and O–H groups in total. The molecule has 0 saturated carbocycles. The summed E-state index contributed by atoms with van der Waals surface area (Å²) < 4.78 is 31.8. The molecular weight excluding hydrogens is 364 g/mol. The topological polar surface area (TPSA) is 66.9 Å². The van der Waals surface area contributed by atoms with E-state index in [-0.39, 0.29) is 17.3 Å². The standard InChI is InChI=1S/C20H30N2O4S/c1-4-27(24,25)22-12-10-20(11-13-22,17-8-6-5-7-9-17)18(23)21-14-15-26-19(2,3)16-21/h5-9H,4,10-16H2,1-3H3. The van der Waals surface area contributed by atoms with Gasteiger partial charge in [0.05, 0.1) is 23.4 Å². The number of ether oxygens (including phenoxy) is 1. The van der Waals surface area contributed by atoms with Crippen LogP contribution in [0.3, 0.4) is 0 Å². The molecule has 2 aliphatic rings. The van der Waals surface area contributed by atoms with E-state index in [1.54, 1.807) is 6.92 Å². The first-order chi connectivity index (χ1) is 12.7. The molecule has 0 bridgehead atoms. The first kappa shape index (κ1) is 20.3. The Hall–Kier alpha value is -1.44. The molecule has 0 aliphatic carbocycles. The molecule has 2 fully saturated rings. The van der Waals surface area contributed by atoms with Crippen LogP contribution in [-0.2, 0) is 25.0 Å². The van der Waals surface area contributed by atoms with E-state index in [0.717, 1.165) is 5.56 Å². The van der Waals surface area contributed by atoms with E-state index < -0.39 is 15.4 Å². The highest BCUT2D eigenvalue weighted by atomic mass is 32.2. The molecule has 0 atom stereocenters. The number of amides is 1. The molecule has 1 aromatic rings. The number of sulfonamides is 1. The maximum absolute atomic E-state index is 13.7. The number of rotatable bonds is 4. The number of hydrogen-bond donors (Lipinski definition) is 0. The first-order valence-electron chi connectivity index (χ1n) is 9.67. The lowest BCUT2D eigenvalue weighted by molar-refractivity contribution is -0.153. The molecule has 27 heavy (non-hydrogen) atoms. The average molecular weight is 395 g/mol. The Morgan fingerprint density at radius 2 is 1.74 bits per heavy atom. The Morgan fingerprint density at radius 1 is 1.11 bits per heavy atom. The van der Waals surface area contributed by atoms with Gasteiger partial charge in [-0.2, -0.15) is 0 Å². The zero-order valence-electron chi connectivity index (χ0n) is 16.5. The van der Waals surface area contributed by atoms with Crippen LogP contribution in [0.1, 0.15) is 39.2 Å².